The standard InChI is InChI=1S/C18H29N3O5/c1-13(17(24)20-18(25)19-14-8-4-2-5-9-14)26-16(23)12-21-11-7-3-6-10-15(21)22/h13-14H,2-12H2,1H3,(H2,19,20,24,25)/t13-/m0/s1. The van der Waals surface area contributed by atoms with Crippen LogP contribution in [-0.4, -0.2) is 54.0 Å². The van der Waals surface area contributed by atoms with Gasteiger partial charge in [0, 0.05) is 19.0 Å². The molecule has 0 bridgehead atoms. The molecule has 26 heavy (non-hydrogen) atoms. The van der Waals surface area contributed by atoms with Gasteiger partial charge in [-0.1, -0.05) is 25.7 Å². The first-order valence-corrected chi connectivity index (χ1v) is 9.54. The van der Waals surface area contributed by atoms with Gasteiger partial charge in [0.15, 0.2) is 6.10 Å². The van der Waals surface area contributed by atoms with Gasteiger partial charge in [-0.3, -0.25) is 19.7 Å². The third-order valence-electron chi connectivity index (χ3n) is 4.85. The normalized spacial score (nSPS) is 20.0. The number of urea groups is 1. The third-order valence-corrected chi connectivity index (χ3v) is 4.85. The highest BCUT2D eigenvalue weighted by atomic mass is 16.5. The highest BCUT2D eigenvalue weighted by Crippen LogP contribution is 2.17. The van der Waals surface area contributed by atoms with Crippen molar-refractivity contribution in [2.75, 3.05) is 13.1 Å². The van der Waals surface area contributed by atoms with Crippen LogP contribution in [0.3, 0.4) is 0 Å². The van der Waals surface area contributed by atoms with E-state index in [0.29, 0.717) is 13.0 Å². The second-order valence-corrected chi connectivity index (χ2v) is 7.06. The van der Waals surface area contributed by atoms with Crippen molar-refractivity contribution >= 4 is 23.8 Å². The Balaban J connectivity index is 1.72. The van der Waals surface area contributed by atoms with Gasteiger partial charge in [0.05, 0.1) is 0 Å². The molecule has 8 nitrogen and oxygen atoms in total. The number of hydrogen-bond donors (Lipinski definition) is 2. The fourth-order valence-corrected chi connectivity index (χ4v) is 3.33. The molecule has 8 heteroatoms. The largest absolute Gasteiger partial charge is 0.451 e. The van der Waals surface area contributed by atoms with Crippen LogP contribution >= 0.6 is 0 Å². The number of nitrogens with zero attached hydrogens (tertiary/aromatic N) is 1. The van der Waals surface area contributed by atoms with E-state index in [9.17, 15) is 19.2 Å². The zero-order valence-corrected chi connectivity index (χ0v) is 15.4. The summed E-state index contributed by atoms with van der Waals surface area (Å²) < 4.78 is 5.07. The smallest absolute Gasteiger partial charge is 0.326 e. The highest BCUT2D eigenvalue weighted by molar-refractivity contribution is 5.97. The Morgan fingerprint density at radius 2 is 1.81 bits per heavy atom. The second kappa shape index (κ2) is 10.1. The van der Waals surface area contributed by atoms with E-state index in [1.165, 1.54) is 18.2 Å². The lowest BCUT2D eigenvalue weighted by molar-refractivity contribution is -0.157. The second-order valence-electron chi connectivity index (χ2n) is 7.06. The molecule has 0 spiro atoms. The maximum atomic E-state index is 12.0. The van der Waals surface area contributed by atoms with Gasteiger partial charge in [0.1, 0.15) is 6.54 Å². The zero-order valence-electron chi connectivity index (χ0n) is 15.4. The molecule has 0 aromatic heterocycles. The molecule has 1 saturated heterocycles. The molecule has 146 valence electrons. The Morgan fingerprint density at radius 3 is 2.54 bits per heavy atom. The summed E-state index contributed by atoms with van der Waals surface area (Å²) in [7, 11) is 0. The Bertz CT molecular complexity index is 531. The number of amides is 4. The van der Waals surface area contributed by atoms with Crippen molar-refractivity contribution in [3.8, 4) is 0 Å². The molecular formula is C18H29N3O5. The van der Waals surface area contributed by atoms with Crippen LogP contribution < -0.4 is 10.6 Å². The molecule has 1 aliphatic heterocycles. The summed E-state index contributed by atoms with van der Waals surface area (Å²) in [5, 5.41) is 4.98. The number of imide groups is 1. The quantitative estimate of drug-likeness (QED) is 0.716. The number of nitrogens with one attached hydrogen (secondary N) is 2. The fourth-order valence-electron chi connectivity index (χ4n) is 3.33. The van der Waals surface area contributed by atoms with E-state index in [-0.39, 0.29) is 18.5 Å². The van der Waals surface area contributed by atoms with Crippen LogP contribution in [0, 0.1) is 0 Å². The van der Waals surface area contributed by atoms with E-state index in [4.69, 9.17) is 4.74 Å². The minimum atomic E-state index is -1.10. The Hall–Kier alpha value is -2.12. The number of ether oxygens (including phenoxy) is 1. The van der Waals surface area contributed by atoms with E-state index in [1.54, 1.807) is 0 Å². The minimum Gasteiger partial charge on any atom is -0.451 e. The average molecular weight is 367 g/mol. The number of carbonyl (C=O) groups is 4. The van der Waals surface area contributed by atoms with Gasteiger partial charge in [-0.15, -0.1) is 0 Å². The number of carbonyl (C=O) groups excluding carboxylic acids is 4. The molecule has 1 saturated carbocycles. The van der Waals surface area contributed by atoms with Gasteiger partial charge in [-0.2, -0.15) is 0 Å². The van der Waals surface area contributed by atoms with E-state index in [2.05, 4.69) is 10.6 Å². The summed E-state index contributed by atoms with van der Waals surface area (Å²) >= 11 is 0. The topological polar surface area (TPSA) is 105 Å². The molecule has 2 fully saturated rings. The predicted molar refractivity (Wildman–Crippen MR) is 94.1 cm³/mol. The van der Waals surface area contributed by atoms with E-state index in [0.717, 1.165) is 44.9 Å². The monoisotopic (exact) mass is 367 g/mol. The van der Waals surface area contributed by atoms with Crippen molar-refractivity contribution in [1.82, 2.24) is 15.5 Å². The van der Waals surface area contributed by atoms with Crippen LogP contribution in [0.15, 0.2) is 0 Å². The first-order valence-electron chi connectivity index (χ1n) is 9.54. The summed E-state index contributed by atoms with van der Waals surface area (Å²) in [5.41, 5.74) is 0. The third kappa shape index (κ3) is 6.65. The van der Waals surface area contributed by atoms with Gasteiger partial charge < -0.3 is 15.0 Å². The van der Waals surface area contributed by atoms with E-state index >= 15 is 0 Å². The van der Waals surface area contributed by atoms with Gasteiger partial charge in [0.25, 0.3) is 5.91 Å². The van der Waals surface area contributed by atoms with Crippen LogP contribution in [-0.2, 0) is 19.1 Å². The lowest BCUT2D eigenvalue weighted by atomic mass is 9.96. The van der Waals surface area contributed by atoms with Crippen molar-refractivity contribution in [3.05, 3.63) is 0 Å². The minimum absolute atomic E-state index is 0.0663. The van der Waals surface area contributed by atoms with Gasteiger partial charge in [-0.25, -0.2) is 4.79 Å². The summed E-state index contributed by atoms with van der Waals surface area (Å²) in [5.74, 6) is -1.38. The van der Waals surface area contributed by atoms with Crippen LogP contribution in [0.1, 0.15) is 64.7 Å². The van der Waals surface area contributed by atoms with Crippen LogP contribution in [0.4, 0.5) is 4.79 Å². The molecule has 0 unspecified atom stereocenters. The first-order chi connectivity index (χ1) is 12.5. The lowest BCUT2D eigenvalue weighted by Gasteiger charge is -2.23. The molecule has 2 N–H and O–H groups in total. The lowest BCUT2D eigenvalue weighted by Crippen LogP contribution is -2.48. The van der Waals surface area contributed by atoms with Crippen molar-refractivity contribution in [1.29, 1.82) is 0 Å². The van der Waals surface area contributed by atoms with Crippen molar-refractivity contribution in [2.24, 2.45) is 0 Å². The van der Waals surface area contributed by atoms with Crippen LogP contribution in [0.5, 0.6) is 0 Å². The Kier molecular flexibility index (Phi) is 7.87. The maximum absolute atomic E-state index is 12.0. The summed E-state index contributed by atoms with van der Waals surface area (Å²) in [6.45, 7) is 1.77. The predicted octanol–water partition coefficient (Wildman–Crippen LogP) is 1.48. The van der Waals surface area contributed by atoms with Gasteiger partial charge in [-0.05, 0) is 32.6 Å². The van der Waals surface area contributed by atoms with Crippen LogP contribution in [0.2, 0.25) is 0 Å². The fraction of sp³-hybridized carbons (Fsp3) is 0.778. The summed E-state index contributed by atoms with van der Waals surface area (Å²) in [6, 6.07) is -0.476. The first kappa shape index (κ1) is 20.2. The number of esters is 1. The van der Waals surface area contributed by atoms with E-state index in [1.807, 2.05) is 0 Å². The molecule has 4 amide bonds. The molecule has 0 aromatic carbocycles. The number of hydrogen-bond acceptors (Lipinski definition) is 5. The highest BCUT2D eigenvalue weighted by Gasteiger charge is 2.25. The molecular weight excluding hydrogens is 338 g/mol. The molecule has 2 rings (SSSR count). The van der Waals surface area contributed by atoms with Crippen molar-refractivity contribution in [2.45, 2.75) is 76.9 Å². The van der Waals surface area contributed by atoms with Crippen molar-refractivity contribution in [3.63, 3.8) is 0 Å². The average Bonchev–Trinajstić information content (AvgIpc) is 2.80. The Labute approximate surface area is 154 Å². The summed E-state index contributed by atoms with van der Waals surface area (Å²) in [6.07, 6.45) is 7.13. The molecule has 0 aromatic rings. The molecule has 1 heterocycles. The molecule has 0 radical (unpaired) electrons. The molecule has 1 aliphatic carbocycles. The molecule has 1 atom stereocenters. The SMILES string of the molecule is C[C@H](OC(=O)CN1CCCCCC1=O)C(=O)NC(=O)NC1CCCCC1. The Morgan fingerprint density at radius 1 is 1.12 bits per heavy atom. The van der Waals surface area contributed by atoms with Crippen LogP contribution in [0.25, 0.3) is 0 Å². The van der Waals surface area contributed by atoms with E-state index < -0.39 is 24.0 Å². The summed E-state index contributed by atoms with van der Waals surface area (Å²) in [4.78, 5) is 49.2. The van der Waals surface area contributed by atoms with Gasteiger partial charge in [0.2, 0.25) is 5.91 Å². The molecule has 2 aliphatic rings. The van der Waals surface area contributed by atoms with Gasteiger partial charge >= 0.3 is 12.0 Å². The zero-order chi connectivity index (χ0) is 18.9. The van der Waals surface area contributed by atoms with Crippen molar-refractivity contribution < 1.29 is 23.9 Å². The number of likely N-dealkylation sites (tertiary alicyclic amines) is 1. The number of rotatable bonds is 5. The maximum Gasteiger partial charge on any atom is 0.326 e.